The molecule has 0 saturated heterocycles. The van der Waals surface area contributed by atoms with Gasteiger partial charge in [-0.2, -0.15) is 0 Å². The average molecular weight is 280 g/mol. The van der Waals surface area contributed by atoms with Crippen molar-refractivity contribution in [2.45, 2.75) is 38.6 Å². The maximum absolute atomic E-state index is 5.90. The predicted octanol–water partition coefficient (Wildman–Crippen LogP) is 3.56. The van der Waals surface area contributed by atoms with Crippen LogP contribution < -0.4 is 11.3 Å². The molecule has 2 unspecified atom stereocenters. The van der Waals surface area contributed by atoms with Crippen LogP contribution in [0.25, 0.3) is 0 Å². The normalized spacial score (nSPS) is 19.0. The smallest absolute Gasteiger partial charge is 0.0491 e. The monoisotopic (exact) mass is 280 g/mol. The van der Waals surface area contributed by atoms with Crippen LogP contribution in [0.4, 0.5) is 0 Å². The second-order valence-electron chi connectivity index (χ2n) is 6.01. The van der Waals surface area contributed by atoms with Gasteiger partial charge in [0.25, 0.3) is 0 Å². The molecule has 21 heavy (non-hydrogen) atoms. The Labute approximate surface area is 127 Å². The van der Waals surface area contributed by atoms with E-state index in [1.807, 2.05) is 0 Å². The van der Waals surface area contributed by atoms with E-state index in [0.29, 0.717) is 5.92 Å². The van der Waals surface area contributed by atoms with Crippen molar-refractivity contribution in [3.05, 3.63) is 70.8 Å². The molecule has 2 heteroatoms. The van der Waals surface area contributed by atoms with Gasteiger partial charge in [-0.1, -0.05) is 55.5 Å². The number of fused-ring (bicyclic) bond motifs is 1. The van der Waals surface area contributed by atoms with Crippen molar-refractivity contribution < 1.29 is 0 Å². The molecule has 0 aromatic heterocycles. The van der Waals surface area contributed by atoms with Crippen LogP contribution in [-0.2, 0) is 19.3 Å². The van der Waals surface area contributed by atoms with E-state index in [1.54, 1.807) is 0 Å². The number of hydrazine groups is 1. The summed E-state index contributed by atoms with van der Waals surface area (Å²) < 4.78 is 0. The van der Waals surface area contributed by atoms with Gasteiger partial charge < -0.3 is 0 Å². The van der Waals surface area contributed by atoms with E-state index in [2.05, 4.69) is 60.9 Å². The Morgan fingerprint density at radius 2 is 1.95 bits per heavy atom. The fourth-order valence-corrected chi connectivity index (χ4v) is 3.52. The second kappa shape index (κ2) is 6.42. The van der Waals surface area contributed by atoms with Crippen molar-refractivity contribution in [1.29, 1.82) is 0 Å². The van der Waals surface area contributed by atoms with Gasteiger partial charge in [-0.05, 0) is 53.9 Å². The van der Waals surface area contributed by atoms with E-state index in [9.17, 15) is 0 Å². The Kier molecular flexibility index (Phi) is 4.37. The van der Waals surface area contributed by atoms with Gasteiger partial charge in [-0.25, -0.2) is 0 Å². The van der Waals surface area contributed by atoms with Crippen molar-refractivity contribution in [2.24, 2.45) is 11.8 Å². The standard InChI is InChI=1S/C19H24N2/c1-2-14-6-5-9-17(12-14)19(21-20)18-11-10-15-7-3-4-8-16(15)13-18/h3-9,12,18-19,21H,2,10-11,13,20H2,1H3. The molecule has 110 valence electrons. The van der Waals surface area contributed by atoms with E-state index in [-0.39, 0.29) is 6.04 Å². The third-order valence-electron chi connectivity index (χ3n) is 4.75. The van der Waals surface area contributed by atoms with Crippen LogP contribution in [0, 0.1) is 5.92 Å². The molecule has 0 saturated carbocycles. The SMILES string of the molecule is CCc1cccc(C(NN)C2CCc3ccccc3C2)c1. The zero-order valence-electron chi connectivity index (χ0n) is 12.7. The van der Waals surface area contributed by atoms with Crippen LogP contribution in [0.3, 0.4) is 0 Å². The molecule has 0 bridgehead atoms. The minimum Gasteiger partial charge on any atom is -0.271 e. The third kappa shape index (κ3) is 3.02. The van der Waals surface area contributed by atoms with Crippen molar-refractivity contribution in [1.82, 2.24) is 5.43 Å². The van der Waals surface area contributed by atoms with E-state index >= 15 is 0 Å². The maximum Gasteiger partial charge on any atom is 0.0491 e. The Balaban J connectivity index is 1.84. The lowest BCUT2D eigenvalue weighted by Crippen LogP contribution is -2.36. The first kappa shape index (κ1) is 14.3. The maximum atomic E-state index is 5.90. The van der Waals surface area contributed by atoms with E-state index in [0.717, 1.165) is 19.3 Å². The first-order valence-electron chi connectivity index (χ1n) is 7.93. The highest BCUT2D eigenvalue weighted by atomic mass is 15.2. The van der Waals surface area contributed by atoms with Crippen LogP contribution in [0.5, 0.6) is 0 Å². The van der Waals surface area contributed by atoms with E-state index in [4.69, 9.17) is 5.84 Å². The quantitative estimate of drug-likeness (QED) is 0.664. The topological polar surface area (TPSA) is 38.0 Å². The summed E-state index contributed by atoms with van der Waals surface area (Å²) in [6, 6.07) is 17.9. The summed E-state index contributed by atoms with van der Waals surface area (Å²) in [5.41, 5.74) is 8.76. The average Bonchev–Trinajstić information content (AvgIpc) is 2.56. The van der Waals surface area contributed by atoms with Gasteiger partial charge in [0, 0.05) is 6.04 Å². The molecule has 1 aliphatic carbocycles. The van der Waals surface area contributed by atoms with Crippen LogP contribution in [0.15, 0.2) is 48.5 Å². The third-order valence-corrected chi connectivity index (χ3v) is 4.75. The summed E-state index contributed by atoms with van der Waals surface area (Å²) in [6.07, 6.45) is 4.54. The summed E-state index contributed by atoms with van der Waals surface area (Å²) in [5.74, 6) is 6.46. The molecule has 3 N–H and O–H groups in total. The molecule has 1 aliphatic rings. The summed E-state index contributed by atoms with van der Waals surface area (Å²) in [4.78, 5) is 0. The summed E-state index contributed by atoms with van der Waals surface area (Å²) in [5, 5.41) is 0. The first-order valence-corrected chi connectivity index (χ1v) is 7.93. The molecule has 2 aromatic carbocycles. The molecule has 2 nitrogen and oxygen atoms in total. The van der Waals surface area contributed by atoms with Crippen LogP contribution >= 0.6 is 0 Å². The highest BCUT2D eigenvalue weighted by Crippen LogP contribution is 2.34. The first-order chi connectivity index (χ1) is 10.3. The highest BCUT2D eigenvalue weighted by Gasteiger charge is 2.26. The zero-order valence-corrected chi connectivity index (χ0v) is 12.7. The van der Waals surface area contributed by atoms with Crippen LogP contribution in [0.2, 0.25) is 0 Å². The van der Waals surface area contributed by atoms with Crippen LogP contribution in [0.1, 0.15) is 41.6 Å². The van der Waals surface area contributed by atoms with Gasteiger partial charge in [0.15, 0.2) is 0 Å². The highest BCUT2D eigenvalue weighted by molar-refractivity contribution is 5.32. The summed E-state index contributed by atoms with van der Waals surface area (Å²) in [7, 11) is 0. The number of hydrogen-bond acceptors (Lipinski definition) is 2. The molecule has 0 fully saturated rings. The Morgan fingerprint density at radius 3 is 2.71 bits per heavy atom. The van der Waals surface area contributed by atoms with Gasteiger partial charge in [-0.3, -0.25) is 11.3 Å². The van der Waals surface area contributed by atoms with Gasteiger partial charge in [0.05, 0.1) is 0 Å². The predicted molar refractivity (Wildman–Crippen MR) is 87.8 cm³/mol. The van der Waals surface area contributed by atoms with Crippen molar-refractivity contribution in [3.8, 4) is 0 Å². The van der Waals surface area contributed by atoms with Gasteiger partial charge in [0.2, 0.25) is 0 Å². The molecule has 0 amide bonds. The van der Waals surface area contributed by atoms with Crippen molar-refractivity contribution in [2.75, 3.05) is 0 Å². The molecular weight excluding hydrogens is 256 g/mol. The number of nitrogens with one attached hydrogen (secondary N) is 1. The summed E-state index contributed by atoms with van der Waals surface area (Å²) in [6.45, 7) is 2.20. The van der Waals surface area contributed by atoms with Gasteiger partial charge in [0.1, 0.15) is 0 Å². The van der Waals surface area contributed by atoms with Gasteiger partial charge >= 0.3 is 0 Å². The number of hydrogen-bond donors (Lipinski definition) is 2. The lowest BCUT2D eigenvalue weighted by atomic mass is 9.78. The van der Waals surface area contributed by atoms with Crippen molar-refractivity contribution in [3.63, 3.8) is 0 Å². The largest absolute Gasteiger partial charge is 0.271 e. The zero-order chi connectivity index (χ0) is 14.7. The molecule has 3 rings (SSSR count). The number of nitrogens with two attached hydrogens (primary N) is 1. The van der Waals surface area contributed by atoms with Crippen LogP contribution in [-0.4, -0.2) is 0 Å². The molecule has 2 aromatic rings. The fraction of sp³-hybridized carbons (Fsp3) is 0.368. The number of aryl methyl sites for hydroxylation is 2. The molecule has 0 aliphatic heterocycles. The lowest BCUT2D eigenvalue weighted by molar-refractivity contribution is 0.329. The minimum absolute atomic E-state index is 0.241. The Bertz CT molecular complexity index is 606. The van der Waals surface area contributed by atoms with Gasteiger partial charge in [-0.15, -0.1) is 0 Å². The van der Waals surface area contributed by atoms with E-state index < -0.39 is 0 Å². The summed E-state index contributed by atoms with van der Waals surface area (Å²) >= 11 is 0. The Hall–Kier alpha value is -1.64. The molecule has 2 atom stereocenters. The molecule has 0 spiro atoms. The fourth-order valence-electron chi connectivity index (χ4n) is 3.52. The lowest BCUT2D eigenvalue weighted by Gasteiger charge is -2.31. The molecule has 0 radical (unpaired) electrons. The Morgan fingerprint density at radius 1 is 1.14 bits per heavy atom. The molecule has 0 heterocycles. The number of rotatable bonds is 4. The number of benzene rings is 2. The van der Waals surface area contributed by atoms with E-state index in [1.165, 1.54) is 28.7 Å². The molecular formula is C19H24N2. The second-order valence-corrected chi connectivity index (χ2v) is 6.01. The van der Waals surface area contributed by atoms with Crippen molar-refractivity contribution >= 4 is 0 Å². The minimum atomic E-state index is 0.241.